The van der Waals surface area contributed by atoms with Crippen LogP contribution in [0, 0.1) is 0 Å². The second-order valence-corrected chi connectivity index (χ2v) is 6.23. The van der Waals surface area contributed by atoms with Crippen LogP contribution in [0.3, 0.4) is 0 Å². The number of nitrogens with one attached hydrogen (secondary N) is 1. The van der Waals surface area contributed by atoms with Crippen molar-refractivity contribution in [3.8, 4) is 11.6 Å². The number of hydrogen-bond donors (Lipinski definition) is 1. The van der Waals surface area contributed by atoms with Crippen LogP contribution in [0.1, 0.15) is 26.2 Å². The van der Waals surface area contributed by atoms with Gasteiger partial charge < -0.3 is 15.0 Å². The maximum absolute atomic E-state index is 12.8. The minimum atomic E-state index is -0.168. The monoisotopic (exact) mass is 344 g/mol. The number of ether oxygens (including phenoxy) is 1. The molecule has 1 heterocycles. The first kappa shape index (κ1) is 19.0. The summed E-state index contributed by atoms with van der Waals surface area (Å²) >= 11 is 0. The Balaban J connectivity index is 2.23. The third kappa shape index (κ3) is 5.90. The molecule has 0 fully saturated rings. The maximum atomic E-state index is 12.8. The van der Waals surface area contributed by atoms with Gasteiger partial charge in [-0.15, -0.1) is 5.10 Å². The average molecular weight is 344 g/mol. The molecule has 0 saturated heterocycles. The zero-order valence-electron chi connectivity index (χ0n) is 15.4. The van der Waals surface area contributed by atoms with E-state index < -0.39 is 0 Å². The van der Waals surface area contributed by atoms with Crippen molar-refractivity contribution in [2.75, 3.05) is 39.1 Å². The SMILES string of the molecule is CCCCOc1cc(NCCCN(C)C)c(=O)n(-c2ccccc2)n1. The lowest BCUT2D eigenvalue weighted by atomic mass is 10.3. The van der Waals surface area contributed by atoms with E-state index in [1.54, 1.807) is 6.07 Å². The van der Waals surface area contributed by atoms with Gasteiger partial charge >= 0.3 is 0 Å². The summed E-state index contributed by atoms with van der Waals surface area (Å²) in [6, 6.07) is 11.1. The highest BCUT2D eigenvalue weighted by atomic mass is 16.5. The molecule has 25 heavy (non-hydrogen) atoms. The van der Waals surface area contributed by atoms with Crippen molar-refractivity contribution in [2.24, 2.45) is 0 Å². The number of rotatable bonds is 10. The highest BCUT2D eigenvalue weighted by Crippen LogP contribution is 2.13. The van der Waals surface area contributed by atoms with Crippen molar-refractivity contribution in [3.05, 3.63) is 46.8 Å². The van der Waals surface area contributed by atoms with Gasteiger partial charge in [-0.3, -0.25) is 4.79 Å². The molecular formula is C19H28N4O2. The van der Waals surface area contributed by atoms with E-state index in [9.17, 15) is 4.79 Å². The van der Waals surface area contributed by atoms with Crippen molar-refractivity contribution >= 4 is 5.69 Å². The molecule has 136 valence electrons. The zero-order valence-corrected chi connectivity index (χ0v) is 15.4. The molecule has 0 radical (unpaired) electrons. The van der Waals surface area contributed by atoms with E-state index in [2.05, 4.69) is 22.2 Å². The second-order valence-electron chi connectivity index (χ2n) is 6.23. The van der Waals surface area contributed by atoms with Gasteiger partial charge in [-0.1, -0.05) is 31.5 Å². The van der Waals surface area contributed by atoms with Crippen LogP contribution in [0.25, 0.3) is 5.69 Å². The normalized spacial score (nSPS) is 10.9. The van der Waals surface area contributed by atoms with E-state index in [4.69, 9.17) is 4.74 Å². The van der Waals surface area contributed by atoms with Gasteiger partial charge in [0.2, 0.25) is 5.88 Å². The average Bonchev–Trinajstić information content (AvgIpc) is 2.61. The number of hydrogen-bond acceptors (Lipinski definition) is 5. The summed E-state index contributed by atoms with van der Waals surface area (Å²) in [6.07, 6.45) is 2.96. The number of para-hydroxylation sites is 1. The Kier molecular flexibility index (Phi) is 7.47. The summed E-state index contributed by atoms with van der Waals surface area (Å²) < 4.78 is 7.13. The highest BCUT2D eigenvalue weighted by Gasteiger charge is 2.10. The van der Waals surface area contributed by atoms with Crippen molar-refractivity contribution in [3.63, 3.8) is 0 Å². The lowest BCUT2D eigenvalue weighted by Gasteiger charge is -2.13. The number of aromatic nitrogens is 2. The molecule has 0 unspecified atom stereocenters. The van der Waals surface area contributed by atoms with Gasteiger partial charge in [0.15, 0.2) is 0 Å². The van der Waals surface area contributed by atoms with Crippen LogP contribution < -0.4 is 15.6 Å². The Morgan fingerprint density at radius 2 is 1.96 bits per heavy atom. The summed E-state index contributed by atoms with van der Waals surface area (Å²) in [5.41, 5.74) is 1.08. The predicted octanol–water partition coefficient (Wildman–Crippen LogP) is 2.78. The van der Waals surface area contributed by atoms with E-state index in [0.29, 0.717) is 18.2 Å². The van der Waals surface area contributed by atoms with Crippen molar-refractivity contribution in [1.29, 1.82) is 0 Å². The van der Waals surface area contributed by atoms with Gasteiger partial charge in [0.1, 0.15) is 5.69 Å². The fourth-order valence-electron chi connectivity index (χ4n) is 2.35. The molecule has 0 bridgehead atoms. The molecular weight excluding hydrogens is 316 g/mol. The molecule has 0 amide bonds. The Morgan fingerprint density at radius 1 is 1.20 bits per heavy atom. The van der Waals surface area contributed by atoms with E-state index in [1.165, 1.54) is 4.68 Å². The molecule has 2 aromatic rings. The molecule has 0 aliphatic rings. The van der Waals surface area contributed by atoms with Gasteiger partial charge in [0, 0.05) is 12.6 Å². The van der Waals surface area contributed by atoms with E-state index in [1.807, 2.05) is 44.4 Å². The molecule has 1 aromatic heterocycles. The van der Waals surface area contributed by atoms with Gasteiger partial charge in [-0.05, 0) is 45.6 Å². The molecule has 1 N–H and O–H groups in total. The topological polar surface area (TPSA) is 59.4 Å². The number of anilines is 1. The highest BCUT2D eigenvalue weighted by molar-refractivity contribution is 5.46. The predicted molar refractivity (Wildman–Crippen MR) is 102 cm³/mol. The fraction of sp³-hybridized carbons (Fsp3) is 0.474. The first-order valence-electron chi connectivity index (χ1n) is 8.83. The Morgan fingerprint density at radius 3 is 2.64 bits per heavy atom. The standard InChI is InChI=1S/C19H28N4O2/c1-4-5-14-25-18-15-17(20-12-9-13-22(2)3)19(24)23(21-18)16-10-7-6-8-11-16/h6-8,10-11,15,20H,4-5,9,12-14H2,1-3H3. The largest absolute Gasteiger partial charge is 0.477 e. The van der Waals surface area contributed by atoms with E-state index in [0.717, 1.165) is 38.0 Å². The molecule has 1 aromatic carbocycles. The smallest absolute Gasteiger partial charge is 0.295 e. The van der Waals surface area contributed by atoms with Crippen molar-refractivity contribution in [1.82, 2.24) is 14.7 Å². The molecule has 6 nitrogen and oxygen atoms in total. The molecule has 0 aliphatic heterocycles. The van der Waals surface area contributed by atoms with Crippen LogP contribution in [-0.4, -0.2) is 48.5 Å². The molecule has 0 spiro atoms. The Bertz CT molecular complexity index is 698. The maximum Gasteiger partial charge on any atom is 0.295 e. The number of benzene rings is 1. The molecule has 6 heteroatoms. The molecule has 0 saturated carbocycles. The zero-order chi connectivity index (χ0) is 18.1. The molecule has 0 atom stereocenters. The quantitative estimate of drug-likeness (QED) is 0.672. The van der Waals surface area contributed by atoms with Gasteiger partial charge in [-0.2, -0.15) is 4.68 Å². The Labute approximate surface area is 149 Å². The molecule has 0 aliphatic carbocycles. The minimum absolute atomic E-state index is 0.168. The van der Waals surface area contributed by atoms with Crippen LogP contribution in [0.5, 0.6) is 5.88 Å². The summed E-state index contributed by atoms with van der Waals surface area (Å²) in [6.45, 7) is 4.39. The number of unbranched alkanes of at least 4 members (excludes halogenated alkanes) is 1. The second kappa shape index (κ2) is 9.84. The van der Waals surface area contributed by atoms with Crippen LogP contribution in [0.15, 0.2) is 41.2 Å². The third-order valence-electron chi connectivity index (χ3n) is 3.74. The third-order valence-corrected chi connectivity index (χ3v) is 3.74. The Hall–Kier alpha value is -2.34. The summed E-state index contributed by atoms with van der Waals surface area (Å²) in [5, 5.41) is 7.59. The summed E-state index contributed by atoms with van der Waals surface area (Å²) in [4.78, 5) is 14.9. The van der Waals surface area contributed by atoms with Gasteiger partial charge in [0.05, 0.1) is 12.3 Å². The summed E-state index contributed by atoms with van der Waals surface area (Å²) in [7, 11) is 4.07. The fourth-order valence-corrected chi connectivity index (χ4v) is 2.35. The van der Waals surface area contributed by atoms with E-state index in [-0.39, 0.29) is 5.56 Å². The lowest BCUT2D eigenvalue weighted by molar-refractivity contribution is 0.291. The van der Waals surface area contributed by atoms with Crippen LogP contribution >= 0.6 is 0 Å². The first-order chi connectivity index (χ1) is 12.1. The molecule has 2 rings (SSSR count). The van der Waals surface area contributed by atoms with E-state index >= 15 is 0 Å². The number of nitrogens with zero attached hydrogens (tertiary/aromatic N) is 3. The van der Waals surface area contributed by atoms with Crippen LogP contribution in [0.4, 0.5) is 5.69 Å². The van der Waals surface area contributed by atoms with Crippen molar-refractivity contribution in [2.45, 2.75) is 26.2 Å². The van der Waals surface area contributed by atoms with Crippen molar-refractivity contribution < 1.29 is 4.74 Å². The summed E-state index contributed by atoms with van der Waals surface area (Å²) in [5.74, 6) is 0.465. The van der Waals surface area contributed by atoms with Gasteiger partial charge in [0.25, 0.3) is 5.56 Å². The first-order valence-corrected chi connectivity index (χ1v) is 8.83. The van der Waals surface area contributed by atoms with Gasteiger partial charge in [-0.25, -0.2) is 0 Å². The van der Waals surface area contributed by atoms with Crippen LogP contribution in [0.2, 0.25) is 0 Å². The van der Waals surface area contributed by atoms with Crippen LogP contribution in [-0.2, 0) is 0 Å². The lowest BCUT2D eigenvalue weighted by Crippen LogP contribution is -2.26. The minimum Gasteiger partial charge on any atom is -0.477 e.